The second kappa shape index (κ2) is 6.57. The minimum Gasteiger partial charge on any atom is -0.490 e. The van der Waals surface area contributed by atoms with Gasteiger partial charge in [-0.25, -0.2) is 4.98 Å². The van der Waals surface area contributed by atoms with Gasteiger partial charge in [0.05, 0.1) is 17.7 Å². The molecule has 0 spiro atoms. The van der Waals surface area contributed by atoms with Crippen LogP contribution >= 0.6 is 0 Å². The first-order chi connectivity index (χ1) is 11.6. The highest BCUT2D eigenvalue weighted by atomic mass is 16.5. The molecule has 3 aromatic rings. The predicted octanol–water partition coefficient (Wildman–Crippen LogP) is 2.80. The summed E-state index contributed by atoms with van der Waals surface area (Å²) in [6.45, 7) is 2.35. The van der Waals surface area contributed by atoms with Crippen LogP contribution in [0.25, 0.3) is 10.9 Å². The Morgan fingerprint density at radius 2 is 2.08 bits per heavy atom. The summed E-state index contributed by atoms with van der Waals surface area (Å²) in [6, 6.07) is 9.49. The molecule has 2 aromatic heterocycles. The van der Waals surface area contributed by atoms with Crippen molar-refractivity contribution in [1.29, 1.82) is 0 Å². The van der Waals surface area contributed by atoms with Gasteiger partial charge in [-0.15, -0.1) is 0 Å². The van der Waals surface area contributed by atoms with Gasteiger partial charge in [0, 0.05) is 25.7 Å². The number of aromatic nitrogens is 3. The summed E-state index contributed by atoms with van der Waals surface area (Å²) in [5.41, 5.74) is 1.40. The molecule has 0 aliphatic heterocycles. The molecular formula is C17H19N5O2. The molecular weight excluding hydrogens is 306 g/mol. The quantitative estimate of drug-likeness (QED) is 0.753. The molecule has 0 aliphatic rings. The molecule has 24 heavy (non-hydrogen) atoms. The van der Waals surface area contributed by atoms with Crippen LogP contribution in [0.5, 0.6) is 5.75 Å². The van der Waals surface area contributed by atoms with Crippen LogP contribution < -0.4 is 10.1 Å². The lowest BCUT2D eigenvalue weighted by molar-refractivity contribution is 0.0826. The minimum absolute atomic E-state index is 0.125. The molecule has 0 aliphatic carbocycles. The molecule has 0 unspecified atom stereocenters. The third-order valence-electron chi connectivity index (χ3n) is 3.51. The second-order valence-electron chi connectivity index (χ2n) is 5.45. The number of ether oxygens (including phenoxy) is 1. The summed E-state index contributed by atoms with van der Waals surface area (Å²) in [7, 11) is 3.40. The van der Waals surface area contributed by atoms with Crippen molar-refractivity contribution in [2.75, 3.05) is 26.0 Å². The van der Waals surface area contributed by atoms with Crippen LogP contribution in [0.15, 0.2) is 36.5 Å². The number of nitrogens with zero attached hydrogens (tertiary/aromatic N) is 3. The number of aromatic amines is 1. The summed E-state index contributed by atoms with van der Waals surface area (Å²) >= 11 is 0. The van der Waals surface area contributed by atoms with Gasteiger partial charge in [-0.05, 0) is 25.1 Å². The van der Waals surface area contributed by atoms with Gasteiger partial charge < -0.3 is 15.0 Å². The van der Waals surface area contributed by atoms with Crippen molar-refractivity contribution in [3.05, 3.63) is 42.1 Å². The zero-order chi connectivity index (χ0) is 17.1. The fraction of sp³-hybridized carbons (Fsp3) is 0.235. The van der Waals surface area contributed by atoms with E-state index in [2.05, 4.69) is 20.5 Å². The number of para-hydroxylation sites is 1. The first kappa shape index (κ1) is 15.8. The van der Waals surface area contributed by atoms with Crippen LogP contribution in [-0.4, -0.2) is 46.7 Å². The van der Waals surface area contributed by atoms with E-state index in [-0.39, 0.29) is 5.91 Å². The van der Waals surface area contributed by atoms with E-state index in [1.165, 1.54) is 11.1 Å². The van der Waals surface area contributed by atoms with Gasteiger partial charge in [-0.1, -0.05) is 12.1 Å². The van der Waals surface area contributed by atoms with Crippen molar-refractivity contribution in [2.24, 2.45) is 0 Å². The van der Waals surface area contributed by atoms with E-state index in [0.717, 1.165) is 10.9 Å². The first-order valence-corrected chi connectivity index (χ1v) is 7.64. The fourth-order valence-corrected chi connectivity index (χ4v) is 2.35. The van der Waals surface area contributed by atoms with Crippen LogP contribution in [0.3, 0.4) is 0 Å². The number of rotatable bonds is 5. The molecule has 0 saturated carbocycles. The van der Waals surface area contributed by atoms with E-state index in [9.17, 15) is 4.79 Å². The van der Waals surface area contributed by atoms with Gasteiger partial charge in [0.2, 0.25) is 0 Å². The lowest BCUT2D eigenvalue weighted by atomic mass is 10.2. The number of pyridine rings is 1. The van der Waals surface area contributed by atoms with Crippen LogP contribution in [0.4, 0.5) is 11.6 Å². The Hall–Kier alpha value is -3.09. The zero-order valence-corrected chi connectivity index (χ0v) is 13.8. The first-order valence-electron chi connectivity index (χ1n) is 7.64. The zero-order valence-electron chi connectivity index (χ0n) is 13.8. The van der Waals surface area contributed by atoms with E-state index >= 15 is 0 Å². The Morgan fingerprint density at radius 3 is 2.83 bits per heavy atom. The molecule has 7 heteroatoms. The van der Waals surface area contributed by atoms with Crippen LogP contribution in [0.2, 0.25) is 0 Å². The number of benzene rings is 1. The highest BCUT2D eigenvalue weighted by Crippen LogP contribution is 2.29. The van der Waals surface area contributed by atoms with Crippen molar-refractivity contribution in [1.82, 2.24) is 20.1 Å². The molecule has 7 nitrogen and oxygen atoms in total. The van der Waals surface area contributed by atoms with Gasteiger partial charge in [-0.3, -0.25) is 9.89 Å². The number of hydrogen-bond donors (Lipinski definition) is 2. The third kappa shape index (κ3) is 3.01. The van der Waals surface area contributed by atoms with Crippen molar-refractivity contribution in [3.63, 3.8) is 0 Å². The van der Waals surface area contributed by atoms with Gasteiger partial charge in [-0.2, -0.15) is 5.10 Å². The number of carbonyl (C=O) groups is 1. The van der Waals surface area contributed by atoms with Crippen LogP contribution in [0.1, 0.15) is 17.3 Å². The maximum atomic E-state index is 12.1. The molecule has 2 N–H and O–H groups in total. The molecule has 124 valence electrons. The molecule has 0 bridgehead atoms. The average molecular weight is 325 g/mol. The highest BCUT2D eigenvalue weighted by molar-refractivity contribution is 5.95. The Kier molecular flexibility index (Phi) is 4.33. The molecule has 0 saturated heterocycles. The number of fused-ring (bicyclic) bond motifs is 1. The normalized spacial score (nSPS) is 10.6. The number of anilines is 2. The van der Waals surface area contributed by atoms with Gasteiger partial charge >= 0.3 is 0 Å². The SMILES string of the molecule is CCOc1cc(C(=O)N(C)C)cnc1Nc1n[nH]c2ccccc12. The van der Waals surface area contributed by atoms with E-state index in [4.69, 9.17) is 4.74 Å². The van der Waals surface area contributed by atoms with Crippen molar-refractivity contribution >= 4 is 28.4 Å². The van der Waals surface area contributed by atoms with E-state index in [1.807, 2.05) is 31.2 Å². The number of amides is 1. The summed E-state index contributed by atoms with van der Waals surface area (Å²) in [5, 5.41) is 11.4. The summed E-state index contributed by atoms with van der Waals surface area (Å²) in [5.74, 6) is 1.56. The molecule has 3 rings (SSSR count). The number of hydrogen-bond acceptors (Lipinski definition) is 5. The predicted molar refractivity (Wildman–Crippen MR) is 92.8 cm³/mol. The van der Waals surface area contributed by atoms with Gasteiger partial charge in [0.15, 0.2) is 17.4 Å². The number of H-pyrrole nitrogens is 1. The lowest BCUT2D eigenvalue weighted by Gasteiger charge is -2.14. The summed E-state index contributed by atoms with van der Waals surface area (Å²) in [4.78, 5) is 17.9. The van der Waals surface area contributed by atoms with Crippen LogP contribution in [0, 0.1) is 0 Å². The highest BCUT2D eigenvalue weighted by Gasteiger charge is 2.15. The smallest absolute Gasteiger partial charge is 0.255 e. The molecule has 1 amide bonds. The standard InChI is InChI=1S/C17H19N5O2/c1-4-24-14-9-11(17(23)22(2)3)10-18-16(14)19-15-12-7-5-6-8-13(12)20-21-15/h5-10H,4H2,1-3H3,(H2,18,19,20,21). The second-order valence-corrected chi connectivity index (χ2v) is 5.45. The van der Waals surface area contributed by atoms with Gasteiger partial charge in [0.25, 0.3) is 5.91 Å². The van der Waals surface area contributed by atoms with E-state index in [0.29, 0.717) is 29.6 Å². The topological polar surface area (TPSA) is 83.1 Å². The maximum absolute atomic E-state index is 12.1. The van der Waals surface area contributed by atoms with E-state index in [1.54, 1.807) is 20.2 Å². The lowest BCUT2D eigenvalue weighted by Crippen LogP contribution is -2.22. The summed E-state index contributed by atoms with van der Waals surface area (Å²) in [6.07, 6.45) is 1.53. The Labute approximate surface area is 139 Å². The number of carbonyl (C=O) groups excluding carboxylic acids is 1. The largest absolute Gasteiger partial charge is 0.490 e. The Bertz CT molecular complexity index is 872. The van der Waals surface area contributed by atoms with Crippen molar-refractivity contribution in [3.8, 4) is 5.75 Å². The summed E-state index contributed by atoms with van der Waals surface area (Å²) < 4.78 is 5.63. The van der Waals surface area contributed by atoms with Crippen molar-refractivity contribution < 1.29 is 9.53 Å². The molecule has 0 fully saturated rings. The third-order valence-corrected chi connectivity index (χ3v) is 3.51. The van der Waals surface area contributed by atoms with Gasteiger partial charge in [0.1, 0.15) is 0 Å². The molecule has 1 aromatic carbocycles. The molecule has 0 radical (unpaired) electrons. The van der Waals surface area contributed by atoms with E-state index < -0.39 is 0 Å². The molecule has 2 heterocycles. The molecule has 0 atom stereocenters. The number of nitrogens with one attached hydrogen (secondary N) is 2. The average Bonchev–Trinajstić information content (AvgIpc) is 2.99. The Morgan fingerprint density at radius 1 is 1.29 bits per heavy atom. The fourth-order valence-electron chi connectivity index (χ4n) is 2.35. The minimum atomic E-state index is -0.125. The van der Waals surface area contributed by atoms with Crippen LogP contribution in [-0.2, 0) is 0 Å². The maximum Gasteiger partial charge on any atom is 0.255 e. The van der Waals surface area contributed by atoms with Crippen molar-refractivity contribution in [2.45, 2.75) is 6.92 Å². The Balaban J connectivity index is 1.96. The monoisotopic (exact) mass is 325 g/mol.